The van der Waals surface area contributed by atoms with Crippen molar-refractivity contribution >= 4 is 11.9 Å². The molecule has 1 unspecified atom stereocenters. The van der Waals surface area contributed by atoms with Crippen LogP contribution in [0.2, 0.25) is 0 Å². The lowest BCUT2D eigenvalue weighted by atomic mass is 10.2. The molecule has 0 aliphatic heterocycles. The largest absolute Gasteiger partial charge is 0.480 e. The Morgan fingerprint density at radius 1 is 1.43 bits per heavy atom. The fourth-order valence-corrected chi connectivity index (χ4v) is 1.48. The lowest BCUT2D eigenvalue weighted by molar-refractivity contribution is -0.140. The van der Waals surface area contributed by atoms with E-state index in [1.165, 1.54) is 13.0 Å². The molecule has 1 saturated carbocycles. The van der Waals surface area contributed by atoms with Crippen molar-refractivity contribution in [3.63, 3.8) is 0 Å². The van der Waals surface area contributed by atoms with Gasteiger partial charge in [-0.3, -0.25) is 9.59 Å². The number of carbonyl (C=O) groups excluding carboxylic acids is 1. The van der Waals surface area contributed by atoms with Crippen molar-refractivity contribution < 1.29 is 14.7 Å². The van der Waals surface area contributed by atoms with E-state index in [2.05, 4.69) is 5.32 Å². The molecular weight excluding hydrogens is 182 g/mol. The average Bonchev–Trinajstić information content (AvgIpc) is 2.56. The Morgan fingerprint density at radius 3 is 2.50 bits per heavy atom. The summed E-state index contributed by atoms with van der Waals surface area (Å²) < 4.78 is 0. The first kappa shape index (κ1) is 10.8. The number of carboxylic acids is 1. The predicted molar refractivity (Wildman–Crippen MR) is 51.8 cm³/mol. The number of aliphatic carboxylic acids is 1. The van der Waals surface area contributed by atoms with Crippen LogP contribution in [0.4, 0.5) is 0 Å². The fourth-order valence-electron chi connectivity index (χ4n) is 1.48. The first-order valence-electron chi connectivity index (χ1n) is 4.82. The van der Waals surface area contributed by atoms with Gasteiger partial charge in [-0.1, -0.05) is 5.57 Å². The van der Waals surface area contributed by atoms with E-state index in [9.17, 15) is 9.59 Å². The summed E-state index contributed by atoms with van der Waals surface area (Å²) in [5.74, 6) is -1.31. The van der Waals surface area contributed by atoms with Crippen LogP contribution in [-0.4, -0.2) is 23.0 Å². The highest BCUT2D eigenvalue weighted by Crippen LogP contribution is 2.23. The van der Waals surface area contributed by atoms with Gasteiger partial charge in [0.15, 0.2) is 0 Å². The van der Waals surface area contributed by atoms with Crippen molar-refractivity contribution in [1.29, 1.82) is 0 Å². The van der Waals surface area contributed by atoms with Crippen molar-refractivity contribution in [2.45, 2.75) is 38.6 Å². The average molecular weight is 197 g/mol. The molecule has 14 heavy (non-hydrogen) atoms. The molecule has 1 fully saturated rings. The molecule has 1 aliphatic carbocycles. The van der Waals surface area contributed by atoms with Gasteiger partial charge in [0.25, 0.3) is 0 Å². The Labute approximate surface area is 83.0 Å². The number of carboxylic acid groups (broad SMARTS) is 1. The number of hydrogen-bond acceptors (Lipinski definition) is 2. The Kier molecular flexibility index (Phi) is 3.68. The molecule has 0 heterocycles. The van der Waals surface area contributed by atoms with Crippen LogP contribution in [0.1, 0.15) is 32.6 Å². The number of hydrogen-bond donors (Lipinski definition) is 2. The van der Waals surface area contributed by atoms with E-state index in [0.29, 0.717) is 0 Å². The van der Waals surface area contributed by atoms with Gasteiger partial charge >= 0.3 is 5.97 Å². The summed E-state index contributed by atoms with van der Waals surface area (Å²) in [5, 5.41) is 10.9. The SMILES string of the molecule is CC(NC(=O)C=C1CCCC1)C(=O)O. The molecule has 1 aliphatic rings. The quantitative estimate of drug-likeness (QED) is 0.665. The lowest BCUT2D eigenvalue weighted by Crippen LogP contribution is -2.37. The zero-order valence-electron chi connectivity index (χ0n) is 8.25. The third kappa shape index (κ3) is 3.20. The Bertz CT molecular complexity index is 263. The van der Waals surface area contributed by atoms with Crippen LogP contribution < -0.4 is 5.32 Å². The van der Waals surface area contributed by atoms with Crippen LogP contribution >= 0.6 is 0 Å². The smallest absolute Gasteiger partial charge is 0.325 e. The van der Waals surface area contributed by atoms with Crippen molar-refractivity contribution in [2.24, 2.45) is 0 Å². The molecule has 0 saturated heterocycles. The normalized spacial score (nSPS) is 17.6. The van der Waals surface area contributed by atoms with Gasteiger partial charge < -0.3 is 10.4 Å². The van der Waals surface area contributed by atoms with Gasteiger partial charge in [0.2, 0.25) is 5.91 Å². The standard InChI is InChI=1S/C10H15NO3/c1-7(10(13)14)11-9(12)6-8-4-2-3-5-8/h6-7H,2-5H2,1H3,(H,11,12)(H,13,14). The summed E-state index contributed by atoms with van der Waals surface area (Å²) in [6.07, 6.45) is 5.73. The van der Waals surface area contributed by atoms with Gasteiger partial charge in [-0.15, -0.1) is 0 Å². The molecule has 0 aromatic rings. The van der Waals surface area contributed by atoms with Crippen LogP contribution in [0.5, 0.6) is 0 Å². The number of amides is 1. The lowest BCUT2D eigenvalue weighted by Gasteiger charge is -2.06. The van der Waals surface area contributed by atoms with E-state index in [-0.39, 0.29) is 5.91 Å². The molecule has 0 spiro atoms. The highest BCUT2D eigenvalue weighted by atomic mass is 16.4. The van der Waals surface area contributed by atoms with E-state index in [1.54, 1.807) is 0 Å². The third-order valence-corrected chi connectivity index (χ3v) is 2.31. The highest BCUT2D eigenvalue weighted by Gasteiger charge is 2.14. The first-order valence-corrected chi connectivity index (χ1v) is 4.82. The summed E-state index contributed by atoms with van der Waals surface area (Å²) >= 11 is 0. The van der Waals surface area contributed by atoms with Gasteiger partial charge in [-0.25, -0.2) is 0 Å². The van der Waals surface area contributed by atoms with Gasteiger partial charge in [0.1, 0.15) is 6.04 Å². The van der Waals surface area contributed by atoms with E-state index in [0.717, 1.165) is 31.3 Å². The minimum absolute atomic E-state index is 0.295. The van der Waals surface area contributed by atoms with Gasteiger partial charge in [-0.05, 0) is 32.6 Å². The molecule has 1 amide bonds. The molecule has 1 rings (SSSR count). The summed E-state index contributed by atoms with van der Waals surface area (Å²) in [6.45, 7) is 1.45. The molecule has 0 aromatic heterocycles. The Morgan fingerprint density at radius 2 is 2.00 bits per heavy atom. The van der Waals surface area contributed by atoms with Crippen molar-refractivity contribution in [3.8, 4) is 0 Å². The van der Waals surface area contributed by atoms with Crippen LogP contribution in [-0.2, 0) is 9.59 Å². The second kappa shape index (κ2) is 4.79. The molecular formula is C10H15NO3. The van der Waals surface area contributed by atoms with Crippen molar-refractivity contribution in [3.05, 3.63) is 11.6 Å². The molecule has 0 aromatic carbocycles. The maximum Gasteiger partial charge on any atom is 0.325 e. The van der Waals surface area contributed by atoms with Crippen LogP contribution in [0.3, 0.4) is 0 Å². The second-order valence-electron chi connectivity index (χ2n) is 3.58. The van der Waals surface area contributed by atoms with E-state index < -0.39 is 12.0 Å². The predicted octanol–water partition coefficient (Wildman–Crippen LogP) is 1.08. The highest BCUT2D eigenvalue weighted by molar-refractivity contribution is 5.91. The van der Waals surface area contributed by atoms with Crippen molar-refractivity contribution in [2.75, 3.05) is 0 Å². The van der Waals surface area contributed by atoms with Crippen LogP contribution in [0.15, 0.2) is 11.6 Å². The number of allylic oxidation sites excluding steroid dienone is 1. The van der Waals surface area contributed by atoms with E-state index >= 15 is 0 Å². The second-order valence-corrected chi connectivity index (χ2v) is 3.58. The number of rotatable bonds is 3. The topological polar surface area (TPSA) is 66.4 Å². The minimum atomic E-state index is -1.01. The molecule has 0 bridgehead atoms. The summed E-state index contributed by atoms with van der Waals surface area (Å²) in [6, 6.07) is -0.819. The maximum absolute atomic E-state index is 11.3. The minimum Gasteiger partial charge on any atom is -0.480 e. The summed E-state index contributed by atoms with van der Waals surface area (Å²) in [7, 11) is 0. The van der Waals surface area contributed by atoms with Gasteiger partial charge in [0, 0.05) is 6.08 Å². The molecule has 0 radical (unpaired) electrons. The zero-order valence-corrected chi connectivity index (χ0v) is 8.25. The van der Waals surface area contributed by atoms with Gasteiger partial charge in [-0.2, -0.15) is 0 Å². The third-order valence-electron chi connectivity index (χ3n) is 2.31. The van der Waals surface area contributed by atoms with E-state index in [1.807, 2.05) is 0 Å². The fraction of sp³-hybridized carbons (Fsp3) is 0.600. The Balaban J connectivity index is 2.42. The summed E-state index contributed by atoms with van der Waals surface area (Å²) in [4.78, 5) is 21.7. The van der Waals surface area contributed by atoms with Crippen LogP contribution in [0, 0.1) is 0 Å². The maximum atomic E-state index is 11.3. The van der Waals surface area contributed by atoms with E-state index in [4.69, 9.17) is 5.11 Å². The monoisotopic (exact) mass is 197 g/mol. The van der Waals surface area contributed by atoms with Crippen molar-refractivity contribution in [1.82, 2.24) is 5.32 Å². The Hall–Kier alpha value is -1.32. The molecule has 78 valence electrons. The number of carbonyl (C=O) groups is 2. The first-order chi connectivity index (χ1) is 6.59. The molecule has 2 N–H and O–H groups in total. The number of nitrogens with one attached hydrogen (secondary N) is 1. The van der Waals surface area contributed by atoms with Gasteiger partial charge in [0.05, 0.1) is 0 Å². The summed E-state index contributed by atoms with van der Waals surface area (Å²) in [5.41, 5.74) is 1.13. The molecule has 1 atom stereocenters. The van der Waals surface area contributed by atoms with Crippen LogP contribution in [0.25, 0.3) is 0 Å². The molecule has 4 heteroatoms. The zero-order chi connectivity index (χ0) is 10.6. The molecule has 4 nitrogen and oxygen atoms in total.